The average molecular weight is 503 g/mol. The summed E-state index contributed by atoms with van der Waals surface area (Å²) in [6.45, 7) is 6.08. The number of unbranched alkanes of at least 4 members (excludes halogenated alkanes) is 8. The molecular weight excluding hydrogens is 461 g/mol. The number of nitrogens with one attached hydrogen (secondary N) is 1. The summed E-state index contributed by atoms with van der Waals surface area (Å²) in [6.07, 6.45) is 10.2. The van der Waals surface area contributed by atoms with Gasteiger partial charge in [-0.1, -0.05) is 58.3 Å². The summed E-state index contributed by atoms with van der Waals surface area (Å²) in [5, 5.41) is 20.1. The minimum absolute atomic E-state index is 0.00340. The van der Waals surface area contributed by atoms with E-state index in [-0.39, 0.29) is 12.1 Å². The molecule has 1 rings (SSSR count). The standard InChI is InChI=1S/C17H36OS.C9H5F3N2O/c1-4-5-15-19-16-13-11-9-7-6-8-10-12-14-17(2,3)18;10-9(11,12)8-3-7(14-5-15)2-1-6(8)4-13/h18H,4-16H2,1-3H3;1-3,5H,(H,14,15). The molecule has 0 aliphatic rings. The molecule has 4 nitrogen and oxygen atoms in total. The predicted molar refractivity (Wildman–Crippen MR) is 136 cm³/mol. The van der Waals surface area contributed by atoms with Gasteiger partial charge in [0.2, 0.25) is 6.41 Å². The van der Waals surface area contributed by atoms with Crippen LogP contribution >= 0.6 is 11.8 Å². The molecule has 1 aromatic carbocycles. The summed E-state index contributed by atoms with van der Waals surface area (Å²) in [5.74, 6) is 2.73. The number of halogens is 3. The third-order valence-corrected chi connectivity index (χ3v) is 6.30. The van der Waals surface area contributed by atoms with Crippen molar-refractivity contribution in [2.45, 2.75) is 103 Å². The number of anilines is 1. The molecule has 0 bridgehead atoms. The van der Waals surface area contributed by atoms with E-state index < -0.39 is 22.9 Å². The summed E-state index contributed by atoms with van der Waals surface area (Å²) in [6, 6.07) is 4.38. The number of aliphatic hydroxyl groups is 1. The molecule has 1 aromatic rings. The maximum Gasteiger partial charge on any atom is 0.417 e. The summed E-state index contributed by atoms with van der Waals surface area (Å²) in [7, 11) is 0. The quantitative estimate of drug-likeness (QED) is 0.178. The number of thioether (sulfide) groups is 1. The molecule has 0 aromatic heterocycles. The van der Waals surface area contributed by atoms with Crippen LogP contribution in [0.15, 0.2) is 18.2 Å². The van der Waals surface area contributed by atoms with Crippen LogP contribution in [0.2, 0.25) is 0 Å². The van der Waals surface area contributed by atoms with Gasteiger partial charge < -0.3 is 10.4 Å². The number of nitriles is 1. The van der Waals surface area contributed by atoms with E-state index in [4.69, 9.17) is 5.26 Å². The first-order valence-corrected chi connectivity index (χ1v) is 13.3. The van der Waals surface area contributed by atoms with E-state index in [1.54, 1.807) is 0 Å². The van der Waals surface area contributed by atoms with Crippen molar-refractivity contribution in [2.24, 2.45) is 0 Å². The molecule has 2 N–H and O–H groups in total. The second kappa shape index (κ2) is 18.6. The molecule has 0 heterocycles. The fourth-order valence-electron chi connectivity index (χ4n) is 3.20. The highest BCUT2D eigenvalue weighted by Crippen LogP contribution is 2.33. The highest BCUT2D eigenvalue weighted by molar-refractivity contribution is 7.99. The summed E-state index contributed by atoms with van der Waals surface area (Å²) < 4.78 is 37.2. The van der Waals surface area contributed by atoms with Crippen molar-refractivity contribution in [3.63, 3.8) is 0 Å². The Kier molecular flexibility index (Phi) is 17.6. The zero-order chi connectivity index (χ0) is 25.9. The van der Waals surface area contributed by atoms with Gasteiger partial charge in [-0.3, -0.25) is 4.79 Å². The van der Waals surface area contributed by atoms with E-state index in [2.05, 4.69) is 24.0 Å². The monoisotopic (exact) mass is 502 g/mol. The lowest BCUT2D eigenvalue weighted by molar-refractivity contribution is -0.137. The van der Waals surface area contributed by atoms with Crippen molar-refractivity contribution >= 4 is 23.9 Å². The molecule has 0 radical (unpaired) electrons. The van der Waals surface area contributed by atoms with Gasteiger partial charge in [0, 0.05) is 5.69 Å². The van der Waals surface area contributed by atoms with Crippen molar-refractivity contribution in [1.29, 1.82) is 5.26 Å². The van der Waals surface area contributed by atoms with Crippen LogP contribution in [0.25, 0.3) is 0 Å². The Labute approximate surface area is 207 Å². The number of hydrogen-bond acceptors (Lipinski definition) is 4. The van der Waals surface area contributed by atoms with Crippen molar-refractivity contribution in [3.8, 4) is 6.07 Å². The van der Waals surface area contributed by atoms with Gasteiger partial charge in [-0.15, -0.1) is 0 Å². The fraction of sp³-hybridized carbons (Fsp3) is 0.692. The van der Waals surface area contributed by atoms with Crippen molar-refractivity contribution < 1.29 is 23.1 Å². The maximum atomic E-state index is 12.4. The van der Waals surface area contributed by atoms with Crippen molar-refractivity contribution in [1.82, 2.24) is 0 Å². The lowest BCUT2D eigenvalue weighted by Gasteiger charge is -2.16. The number of carbonyl (C=O) groups is 1. The normalized spacial score (nSPS) is 11.4. The summed E-state index contributed by atoms with van der Waals surface area (Å²) >= 11 is 2.13. The van der Waals surface area contributed by atoms with Crippen LogP contribution < -0.4 is 5.32 Å². The van der Waals surface area contributed by atoms with Crippen LogP contribution in [0, 0.1) is 11.3 Å². The molecule has 0 saturated heterocycles. The molecule has 0 aliphatic heterocycles. The van der Waals surface area contributed by atoms with Crippen LogP contribution in [0.5, 0.6) is 0 Å². The van der Waals surface area contributed by atoms with Gasteiger partial charge in [-0.05, 0) is 62.8 Å². The van der Waals surface area contributed by atoms with Gasteiger partial charge in [0.15, 0.2) is 0 Å². The van der Waals surface area contributed by atoms with Gasteiger partial charge >= 0.3 is 6.18 Å². The van der Waals surface area contributed by atoms with E-state index >= 15 is 0 Å². The molecule has 0 saturated carbocycles. The smallest absolute Gasteiger partial charge is 0.390 e. The molecule has 194 valence electrons. The van der Waals surface area contributed by atoms with E-state index in [9.17, 15) is 23.1 Å². The van der Waals surface area contributed by atoms with Crippen LogP contribution in [0.3, 0.4) is 0 Å². The molecule has 0 unspecified atom stereocenters. The SMILES string of the molecule is CCCCSCCCCCCCCCCC(C)(C)O.N#Cc1ccc(NC=O)cc1C(F)(F)F. The first kappa shape index (κ1) is 32.3. The summed E-state index contributed by atoms with van der Waals surface area (Å²) in [4.78, 5) is 10.0. The molecule has 1 amide bonds. The molecular formula is C26H41F3N2O2S. The Morgan fingerprint density at radius 2 is 1.56 bits per heavy atom. The van der Waals surface area contributed by atoms with Crippen LogP contribution in [0.4, 0.5) is 18.9 Å². The first-order chi connectivity index (χ1) is 16.0. The highest BCUT2D eigenvalue weighted by Gasteiger charge is 2.33. The van der Waals surface area contributed by atoms with E-state index in [0.29, 0.717) is 6.07 Å². The maximum absolute atomic E-state index is 12.4. The number of rotatable bonds is 16. The van der Waals surface area contributed by atoms with Gasteiger partial charge in [-0.2, -0.15) is 30.2 Å². The number of nitrogens with zero attached hydrogens (tertiary/aromatic N) is 1. The van der Waals surface area contributed by atoms with E-state index in [1.165, 1.54) is 87.8 Å². The Balaban J connectivity index is 0.000000657. The second-order valence-electron chi connectivity index (χ2n) is 8.99. The number of alkyl halides is 3. The molecule has 0 atom stereocenters. The molecule has 0 aliphatic carbocycles. The number of amides is 1. The zero-order valence-corrected chi connectivity index (χ0v) is 21.7. The number of carbonyl (C=O) groups excluding carboxylic acids is 1. The van der Waals surface area contributed by atoms with Crippen molar-refractivity contribution in [3.05, 3.63) is 29.3 Å². The Hall–Kier alpha value is -1.72. The topological polar surface area (TPSA) is 73.1 Å². The minimum atomic E-state index is -4.61. The molecule has 0 spiro atoms. The van der Waals surface area contributed by atoms with E-state index in [1.807, 2.05) is 13.8 Å². The summed E-state index contributed by atoms with van der Waals surface area (Å²) in [5.41, 5.74) is -2.00. The van der Waals surface area contributed by atoms with Crippen LogP contribution in [0.1, 0.15) is 103 Å². The van der Waals surface area contributed by atoms with Crippen LogP contribution in [-0.2, 0) is 11.0 Å². The van der Waals surface area contributed by atoms with Gasteiger partial charge in [-0.25, -0.2) is 0 Å². The fourth-order valence-corrected chi connectivity index (χ4v) is 4.31. The first-order valence-electron chi connectivity index (χ1n) is 12.2. The lowest BCUT2D eigenvalue weighted by Crippen LogP contribution is -2.17. The van der Waals surface area contributed by atoms with Crippen LogP contribution in [-0.4, -0.2) is 28.6 Å². The van der Waals surface area contributed by atoms with E-state index in [0.717, 1.165) is 12.5 Å². The molecule has 8 heteroatoms. The molecule has 34 heavy (non-hydrogen) atoms. The third kappa shape index (κ3) is 17.7. The van der Waals surface area contributed by atoms with Gasteiger partial charge in [0.1, 0.15) is 0 Å². The largest absolute Gasteiger partial charge is 0.417 e. The Bertz CT molecular complexity index is 713. The van der Waals surface area contributed by atoms with Gasteiger partial charge in [0.25, 0.3) is 0 Å². The lowest BCUT2D eigenvalue weighted by atomic mass is 9.99. The zero-order valence-electron chi connectivity index (χ0n) is 20.8. The molecule has 0 fully saturated rings. The average Bonchev–Trinajstić information content (AvgIpc) is 2.76. The number of benzene rings is 1. The Morgan fingerprint density at radius 3 is 2.06 bits per heavy atom. The Morgan fingerprint density at radius 1 is 1.00 bits per heavy atom. The second-order valence-corrected chi connectivity index (χ2v) is 10.2. The third-order valence-electron chi connectivity index (χ3n) is 5.14. The predicted octanol–water partition coefficient (Wildman–Crippen LogP) is 7.95. The minimum Gasteiger partial charge on any atom is -0.390 e. The van der Waals surface area contributed by atoms with Crippen molar-refractivity contribution in [2.75, 3.05) is 16.8 Å². The van der Waals surface area contributed by atoms with Gasteiger partial charge in [0.05, 0.1) is 22.8 Å². The number of hydrogen-bond donors (Lipinski definition) is 2. The highest BCUT2D eigenvalue weighted by atomic mass is 32.2.